The van der Waals surface area contributed by atoms with Gasteiger partial charge in [0.15, 0.2) is 0 Å². The summed E-state index contributed by atoms with van der Waals surface area (Å²) in [5.74, 6) is 0. The van der Waals surface area contributed by atoms with Gasteiger partial charge in [0.1, 0.15) is 0 Å². The van der Waals surface area contributed by atoms with E-state index in [2.05, 4.69) is 53.0 Å². The fourth-order valence-electron chi connectivity index (χ4n) is 3.73. The van der Waals surface area contributed by atoms with E-state index < -0.39 is 6.10 Å². The molecule has 0 aliphatic heterocycles. The van der Waals surface area contributed by atoms with Gasteiger partial charge in [-0.25, -0.2) is 0 Å². The highest BCUT2D eigenvalue weighted by Gasteiger charge is 2.12. The molecule has 0 saturated heterocycles. The Morgan fingerprint density at radius 1 is 0.839 bits per heavy atom. The largest absolute Gasteiger partial charge is 0.388 e. The molecule has 31 heavy (non-hydrogen) atoms. The Kier molecular flexibility index (Phi) is 8.60. The lowest BCUT2D eigenvalue weighted by Crippen LogP contribution is -2.25. The number of anilines is 1. The molecule has 2 heterocycles. The third-order valence-electron chi connectivity index (χ3n) is 5.64. The number of benzene rings is 1. The average Bonchev–Trinajstić information content (AvgIpc) is 2.79. The second-order valence-corrected chi connectivity index (χ2v) is 8.27. The van der Waals surface area contributed by atoms with Crippen LogP contribution in [0.5, 0.6) is 0 Å². The maximum absolute atomic E-state index is 10.8. The van der Waals surface area contributed by atoms with Crippen LogP contribution in [0.15, 0.2) is 60.9 Å². The topological polar surface area (TPSA) is 49.2 Å². The standard InChI is InChI=1S/C27H35N3O/c1-4-6-16-30(17-7-5-2)24-10-8-23(9-11-24)27(31)20-22-13-15-29-26(19-22)25-18-21(3)12-14-28-25/h8-15,18-19,27,31H,4-7,16-17,20H2,1-3H3. The van der Waals surface area contributed by atoms with E-state index in [0.29, 0.717) is 6.42 Å². The monoisotopic (exact) mass is 417 g/mol. The van der Waals surface area contributed by atoms with Gasteiger partial charge in [-0.1, -0.05) is 38.8 Å². The molecular weight excluding hydrogens is 382 g/mol. The van der Waals surface area contributed by atoms with Crippen LogP contribution in [-0.2, 0) is 6.42 Å². The van der Waals surface area contributed by atoms with Crippen LogP contribution >= 0.6 is 0 Å². The number of aliphatic hydroxyl groups is 1. The maximum atomic E-state index is 10.8. The second kappa shape index (κ2) is 11.6. The molecule has 1 atom stereocenters. The second-order valence-electron chi connectivity index (χ2n) is 8.27. The molecule has 1 unspecified atom stereocenters. The molecule has 164 valence electrons. The number of aryl methyl sites for hydroxylation is 1. The molecule has 0 spiro atoms. The number of aliphatic hydroxyl groups excluding tert-OH is 1. The summed E-state index contributed by atoms with van der Waals surface area (Å²) in [6.45, 7) is 8.69. The lowest BCUT2D eigenvalue weighted by molar-refractivity contribution is 0.178. The van der Waals surface area contributed by atoms with Crippen LogP contribution in [0.25, 0.3) is 11.4 Å². The first kappa shape index (κ1) is 23.0. The van der Waals surface area contributed by atoms with Crippen LogP contribution in [0, 0.1) is 6.92 Å². The quantitative estimate of drug-likeness (QED) is 0.407. The van der Waals surface area contributed by atoms with Crippen LogP contribution in [-0.4, -0.2) is 28.2 Å². The van der Waals surface area contributed by atoms with E-state index in [9.17, 15) is 5.11 Å². The zero-order chi connectivity index (χ0) is 22.1. The van der Waals surface area contributed by atoms with Crippen molar-refractivity contribution in [2.45, 2.75) is 59.0 Å². The molecule has 3 aromatic rings. The summed E-state index contributed by atoms with van der Waals surface area (Å²) in [6.07, 6.45) is 8.41. The van der Waals surface area contributed by atoms with Gasteiger partial charge in [-0.3, -0.25) is 9.97 Å². The van der Waals surface area contributed by atoms with Gasteiger partial charge in [0.2, 0.25) is 0 Å². The van der Waals surface area contributed by atoms with Crippen LogP contribution in [0.2, 0.25) is 0 Å². The fourth-order valence-corrected chi connectivity index (χ4v) is 3.73. The van der Waals surface area contributed by atoms with Crippen LogP contribution < -0.4 is 4.90 Å². The highest BCUT2D eigenvalue weighted by atomic mass is 16.3. The fraction of sp³-hybridized carbons (Fsp3) is 0.407. The minimum atomic E-state index is -0.547. The number of pyridine rings is 2. The smallest absolute Gasteiger partial charge is 0.0888 e. The average molecular weight is 418 g/mol. The first-order chi connectivity index (χ1) is 15.1. The third kappa shape index (κ3) is 6.63. The Balaban J connectivity index is 1.69. The van der Waals surface area contributed by atoms with Crippen molar-refractivity contribution in [1.82, 2.24) is 9.97 Å². The Bertz CT molecular complexity index is 931. The van der Waals surface area contributed by atoms with Crippen molar-refractivity contribution in [3.8, 4) is 11.4 Å². The van der Waals surface area contributed by atoms with Crippen molar-refractivity contribution in [1.29, 1.82) is 0 Å². The number of unbranched alkanes of at least 4 members (excludes halogenated alkanes) is 2. The van der Waals surface area contributed by atoms with Crippen LogP contribution in [0.3, 0.4) is 0 Å². The van der Waals surface area contributed by atoms with Crippen molar-refractivity contribution in [3.05, 3.63) is 77.6 Å². The van der Waals surface area contributed by atoms with Crippen LogP contribution in [0.4, 0.5) is 5.69 Å². The molecule has 0 saturated carbocycles. The van der Waals surface area contributed by atoms with E-state index in [0.717, 1.165) is 41.2 Å². The van der Waals surface area contributed by atoms with Crippen molar-refractivity contribution < 1.29 is 5.11 Å². The molecule has 0 radical (unpaired) electrons. The van der Waals surface area contributed by atoms with E-state index in [1.54, 1.807) is 12.4 Å². The van der Waals surface area contributed by atoms with Gasteiger partial charge in [0.05, 0.1) is 17.5 Å². The normalized spacial score (nSPS) is 12.0. The summed E-state index contributed by atoms with van der Waals surface area (Å²) in [4.78, 5) is 11.4. The molecular formula is C27H35N3O. The Labute approximate surface area is 187 Å². The summed E-state index contributed by atoms with van der Waals surface area (Å²) in [5, 5.41) is 10.8. The van der Waals surface area contributed by atoms with Gasteiger partial charge in [0.25, 0.3) is 0 Å². The first-order valence-corrected chi connectivity index (χ1v) is 11.5. The summed E-state index contributed by atoms with van der Waals surface area (Å²) < 4.78 is 0. The molecule has 0 amide bonds. The van der Waals surface area contributed by atoms with Crippen molar-refractivity contribution in [2.75, 3.05) is 18.0 Å². The summed E-state index contributed by atoms with van der Waals surface area (Å²) >= 11 is 0. The minimum Gasteiger partial charge on any atom is -0.388 e. The lowest BCUT2D eigenvalue weighted by atomic mass is 10.0. The van der Waals surface area contributed by atoms with Gasteiger partial charge in [-0.15, -0.1) is 0 Å². The molecule has 0 bridgehead atoms. The van der Waals surface area contributed by atoms with E-state index in [1.165, 1.54) is 31.4 Å². The molecule has 1 N–H and O–H groups in total. The molecule has 4 nitrogen and oxygen atoms in total. The SMILES string of the molecule is CCCCN(CCCC)c1ccc(C(O)Cc2ccnc(-c3cc(C)ccn3)c2)cc1. The van der Waals surface area contributed by atoms with E-state index >= 15 is 0 Å². The highest BCUT2D eigenvalue weighted by Crippen LogP contribution is 2.24. The number of hydrogen-bond donors (Lipinski definition) is 1. The number of hydrogen-bond acceptors (Lipinski definition) is 4. The molecule has 0 fully saturated rings. The summed E-state index contributed by atoms with van der Waals surface area (Å²) in [5.41, 5.74) is 6.10. The van der Waals surface area contributed by atoms with Crippen molar-refractivity contribution in [3.63, 3.8) is 0 Å². The minimum absolute atomic E-state index is 0.547. The summed E-state index contributed by atoms with van der Waals surface area (Å²) in [6, 6.07) is 16.4. The number of rotatable bonds is 11. The third-order valence-corrected chi connectivity index (χ3v) is 5.64. The van der Waals surface area contributed by atoms with Gasteiger partial charge >= 0.3 is 0 Å². The maximum Gasteiger partial charge on any atom is 0.0888 e. The highest BCUT2D eigenvalue weighted by molar-refractivity contribution is 5.55. The molecule has 2 aromatic heterocycles. The van der Waals surface area contributed by atoms with Gasteiger partial charge < -0.3 is 10.0 Å². The van der Waals surface area contributed by atoms with E-state index in [-0.39, 0.29) is 0 Å². The van der Waals surface area contributed by atoms with Crippen LogP contribution in [0.1, 0.15) is 62.3 Å². The predicted octanol–water partition coefficient (Wildman–Crippen LogP) is 6.13. The molecule has 0 aliphatic rings. The van der Waals surface area contributed by atoms with Gasteiger partial charge in [-0.05, 0) is 72.9 Å². The van der Waals surface area contributed by atoms with E-state index in [4.69, 9.17) is 0 Å². The van der Waals surface area contributed by atoms with E-state index in [1.807, 2.05) is 31.2 Å². The van der Waals surface area contributed by atoms with Gasteiger partial charge in [0, 0.05) is 37.6 Å². The lowest BCUT2D eigenvalue weighted by Gasteiger charge is -2.25. The zero-order valence-corrected chi connectivity index (χ0v) is 19.1. The Morgan fingerprint density at radius 2 is 1.45 bits per heavy atom. The Morgan fingerprint density at radius 3 is 2.06 bits per heavy atom. The van der Waals surface area contributed by atoms with Crippen molar-refractivity contribution >= 4 is 5.69 Å². The predicted molar refractivity (Wildman–Crippen MR) is 129 cm³/mol. The zero-order valence-electron chi connectivity index (χ0n) is 19.1. The van der Waals surface area contributed by atoms with Gasteiger partial charge in [-0.2, -0.15) is 0 Å². The molecule has 3 rings (SSSR count). The molecule has 4 heteroatoms. The first-order valence-electron chi connectivity index (χ1n) is 11.5. The molecule has 0 aliphatic carbocycles. The number of nitrogens with zero attached hydrogens (tertiary/aromatic N) is 3. The van der Waals surface area contributed by atoms with Crippen molar-refractivity contribution in [2.24, 2.45) is 0 Å². The number of aromatic nitrogens is 2. The Hall–Kier alpha value is -2.72. The summed E-state index contributed by atoms with van der Waals surface area (Å²) in [7, 11) is 0. The molecule has 1 aromatic carbocycles.